The van der Waals surface area contributed by atoms with Crippen LogP contribution in [0.2, 0.25) is 0 Å². The number of nitrogens with zero attached hydrogens (tertiary/aromatic N) is 2. The fraction of sp³-hybridized carbons (Fsp3) is 0.409. The quantitative estimate of drug-likeness (QED) is 0.724. The van der Waals surface area contributed by atoms with Crippen molar-refractivity contribution in [2.24, 2.45) is 5.92 Å². The first kappa shape index (κ1) is 18.9. The number of hydrogen-bond donors (Lipinski definition) is 1. The summed E-state index contributed by atoms with van der Waals surface area (Å²) in [7, 11) is 0. The molecule has 1 aliphatic carbocycles. The summed E-state index contributed by atoms with van der Waals surface area (Å²) in [5, 5.41) is 3.67. The van der Waals surface area contributed by atoms with E-state index in [-0.39, 0.29) is 18.0 Å². The molecule has 1 atom stereocenters. The van der Waals surface area contributed by atoms with Crippen molar-refractivity contribution in [3.05, 3.63) is 56.4 Å². The van der Waals surface area contributed by atoms with Gasteiger partial charge in [-0.3, -0.25) is 14.2 Å². The molecule has 1 unspecified atom stereocenters. The van der Waals surface area contributed by atoms with Crippen LogP contribution in [0.15, 0.2) is 29.1 Å². The molecule has 2 aromatic heterocycles. The second-order valence-electron chi connectivity index (χ2n) is 7.64. The second-order valence-corrected chi connectivity index (χ2v) is 8.72. The van der Waals surface area contributed by atoms with E-state index in [1.807, 2.05) is 24.3 Å². The highest BCUT2D eigenvalue weighted by atomic mass is 32.1. The minimum atomic E-state index is -0.204. The highest BCUT2D eigenvalue weighted by Crippen LogP contribution is 2.35. The lowest BCUT2D eigenvalue weighted by Crippen LogP contribution is -2.30. The van der Waals surface area contributed by atoms with Crippen LogP contribution in [0.3, 0.4) is 0 Å². The molecular weight excluding hydrogens is 370 g/mol. The molecule has 0 saturated heterocycles. The first-order chi connectivity index (χ1) is 13.5. The van der Waals surface area contributed by atoms with Gasteiger partial charge in [0.1, 0.15) is 17.2 Å². The minimum Gasteiger partial charge on any atom is -0.324 e. The van der Waals surface area contributed by atoms with Crippen LogP contribution < -0.4 is 10.9 Å². The SMILES string of the molecule is CCc1ccccc1NC(=O)Cn1c(C)nc2sc3c(c2c1=O)CCC(C)C3. The van der Waals surface area contributed by atoms with Crippen molar-refractivity contribution in [3.8, 4) is 0 Å². The predicted octanol–water partition coefficient (Wildman–Crippen LogP) is 4.09. The fourth-order valence-corrected chi connectivity index (χ4v) is 5.41. The van der Waals surface area contributed by atoms with Gasteiger partial charge in [0.15, 0.2) is 0 Å². The highest BCUT2D eigenvalue weighted by Gasteiger charge is 2.24. The summed E-state index contributed by atoms with van der Waals surface area (Å²) < 4.78 is 1.51. The van der Waals surface area contributed by atoms with Crippen molar-refractivity contribution >= 4 is 33.1 Å². The maximum absolute atomic E-state index is 13.2. The average molecular weight is 396 g/mol. The first-order valence-electron chi connectivity index (χ1n) is 9.87. The van der Waals surface area contributed by atoms with Crippen LogP contribution in [0.25, 0.3) is 10.2 Å². The number of fused-ring (bicyclic) bond motifs is 3. The van der Waals surface area contributed by atoms with Crippen LogP contribution in [0.5, 0.6) is 0 Å². The summed E-state index contributed by atoms with van der Waals surface area (Å²) in [6.07, 6.45) is 3.87. The van der Waals surface area contributed by atoms with Gasteiger partial charge in [-0.05, 0) is 55.7 Å². The third-order valence-corrected chi connectivity index (χ3v) is 6.73. The van der Waals surface area contributed by atoms with E-state index in [1.165, 1.54) is 9.44 Å². The van der Waals surface area contributed by atoms with Gasteiger partial charge >= 0.3 is 0 Å². The molecule has 0 aliphatic heterocycles. The lowest BCUT2D eigenvalue weighted by Gasteiger charge is -2.17. The molecule has 4 rings (SSSR count). The van der Waals surface area contributed by atoms with Gasteiger partial charge in [0.25, 0.3) is 5.56 Å². The summed E-state index contributed by atoms with van der Waals surface area (Å²) in [6, 6.07) is 7.75. The largest absolute Gasteiger partial charge is 0.324 e. The Kier molecular flexibility index (Phi) is 5.06. The lowest BCUT2D eigenvalue weighted by atomic mass is 9.89. The smallest absolute Gasteiger partial charge is 0.263 e. The summed E-state index contributed by atoms with van der Waals surface area (Å²) in [4.78, 5) is 32.7. The Labute approximate surface area is 168 Å². The van der Waals surface area contributed by atoms with Crippen molar-refractivity contribution in [1.82, 2.24) is 9.55 Å². The molecule has 146 valence electrons. The van der Waals surface area contributed by atoms with Crippen LogP contribution in [0.1, 0.15) is 42.1 Å². The molecule has 0 spiro atoms. The van der Waals surface area contributed by atoms with E-state index in [4.69, 9.17) is 0 Å². The molecule has 0 fully saturated rings. The Balaban J connectivity index is 1.67. The molecule has 28 heavy (non-hydrogen) atoms. The number of rotatable bonds is 4. The van der Waals surface area contributed by atoms with E-state index in [9.17, 15) is 9.59 Å². The van der Waals surface area contributed by atoms with Crippen LogP contribution in [-0.4, -0.2) is 15.5 Å². The number of carbonyl (C=O) groups is 1. The van der Waals surface area contributed by atoms with Crippen molar-refractivity contribution in [1.29, 1.82) is 0 Å². The first-order valence-corrected chi connectivity index (χ1v) is 10.7. The number of anilines is 1. The monoisotopic (exact) mass is 395 g/mol. The van der Waals surface area contributed by atoms with Crippen molar-refractivity contribution in [2.75, 3.05) is 5.32 Å². The van der Waals surface area contributed by atoms with Crippen LogP contribution in [-0.2, 0) is 30.6 Å². The second kappa shape index (κ2) is 7.51. The number of aromatic nitrogens is 2. The van der Waals surface area contributed by atoms with Gasteiger partial charge in [-0.25, -0.2) is 4.98 Å². The van der Waals surface area contributed by atoms with Gasteiger partial charge in [0.2, 0.25) is 5.91 Å². The molecule has 0 radical (unpaired) electrons. The van der Waals surface area contributed by atoms with Crippen LogP contribution in [0, 0.1) is 12.8 Å². The van der Waals surface area contributed by atoms with Gasteiger partial charge in [-0.1, -0.05) is 32.0 Å². The summed E-state index contributed by atoms with van der Waals surface area (Å²) in [5.74, 6) is 1.03. The Bertz CT molecular complexity index is 1110. The molecule has 6 heteroatoms. The topological polar surface area (TPSA) is 64.0 Å². The average Bonchev–Trinajstić information content (AvgIpc) is 3.02. The summed E-state index contributed by atoms with van der Waals surface area (Å²) in [6.45, 7) is 6.09. The number of amides is 1. The molecule has 1 aromatic carbocycles. The normalized spacial score (nSPS) is 16.2. The zero-order valence-corrected chi connectivity index (χ0v) is 17.4. The Hall–Kier alpha value is -2.47. The third kappa shape index (κ3) is 3.37. The van der Waals surface area contributed by atoms with Crippen LogP contribution >= 0.6 is 11.3 Å². The van der Waals surface area contributed by atoms with E-state index >= 15 is 0 Å². The van der Waals surface area contributed by atoms with Crippen molar-refractivity contribution < 1.29 is 4.79 Å². The number of carbonyl (C=O) groups excluding carboxylic acids is 1. The molecule has 3 aromatic rings. The summed E-state index contributed by atoms with van der Waals surface area (Å²) >= 11 is 1.64. The van der Waals surface area contributed by atoms with E-state index < -0.39 is 0 Å². The number of benzene rings is 1. The van der Waals surface area contributed by atoms with Gasteiger partial charge < -0.3 is 5.32 Å². The zero-order chi connectivity index (χ0) is 19.8. The van der Waals surface area contributed by atoms with Gasteiger partial charge in [-0.2, -0.15) is 0 Å². The standard InChI is InChI=1S/C22H25N3O2S/c1-4-15-7-5-6-8-17(15)24-19(26)12-25-14(3)23-21-20(22(25)27)16-10-9-13(2)11-18(16)28-21/h5-8,13H,4,9-12H2,1-3H3,(H,24,26). The van der Waals surface area contributed by atoms with E-state index in [0.717, 1.165) is 52.7 Å². The highest BCUT2D eigenvalue weighted by molar-refractivity contribution is 7.18. The Morgan fingerprint density at radius 3 is 2.93 bits per heavy atom. The van der Waals surface area contributed by atoms with E-state index in [0.29, 0.717) is 11.7 Å². The number of aryl methyl sites for hydroxylation is 3. The van der Waals surface area contributed by atoms with Gasteiger partial charge in [-0.15, -0.1) is 11.3 Å². The molecule has 0 saturated carbocycles. The van der Waals surface area contributed by atoms with Gasteiger partial charge in [0, 0.05) is 10.6 Å². The molecule has 1 aliphatic rings. The predicted molar refractivity (Wildman–Crippen MR) is 114 cm³/mol. The molecule has 0 bridgehead atoms. The van der Waals surface area contributed by atoms with E-state index in [1.54, 1.807) is 18.3 Å². The molecular formula is C22H25N3O2S. The van der Waals surface area contributed by atoms with Crippen molar-refractivity contribution in [2.45, 2.75) is 53.0 Å². The zero-order valence-electron chi connectivity index (χ0n) is 16.5. The molecule has 5 nitrogen and oxygen atoms in total. The fourth-order valence-electron chi connectivity index (χ4n) is 4.00. The molecule has 1 amide bonds. The summed E-state index contributed by atoms with van der Waals surface area (Å²) in [5.41, 5.74) is 2.95. The molecule has 2 heterocycles. The van der Waals surface area contributed by atoms with Crippen LogP contribution in [0.4, 0.5) is 5.69 Å². The van der Waals surface area contributed by atoms with E-state index in [2.05, 4.69) is 24.1 Å². The number of thiophene rings is 1. The minimum absolute atomic E-state index is 0.0212. The van der Waals surface area contributed by atoms with Crippen molar-refractivity contribution in [3.63, 3.8) is 0 Å². The number of nitrogens with one attached hydrogen (secondary N) is 1. The van der Waals surface area contributed by atoms with Gasteiger partial charge in [0.05, 0.1) is 5.39 Å². The third-order valence-electron chi connectivity index (χ3n) is 5.58. The maximum Gasteiger partial charge on any atom is 0.263 e. The Morgan fingerprint density at radius 1 is 1.36 bits per heavy atom. The lowest BCUT2D eigenvalue weighted by molar-refractivity contribution is -0.116. The molecule has 1 N–H and O–H groups in total. The number of hydrogen-bond acceptors (Lipinski definition) is 4. The maximum atomic E-state index is 13.2. The Morgan fingerprint density at radius 2 is 2.14 bits per heavy atom. The number of para-hydroxylation sites is 1.